The Morgan fingerprint density at radius 1 is 0.905 bits per heavy atom. The molecule has 21 heavy (non-hydrogen) atoms. The smallest absolute Gasteiger partial charge is 0.0884 e. The Labute approximate surface area is 128 Å². The highest BCUT2D eigenvalue weighted by Crippen LogP contribution is 2.28. The second-order valence-corrected chi connectivity index (χ2v) is 6.10. The number of nitrogen functional groups attached to an aromatic ring is 1. The van der Waals surface area contributed by atoms with Crippen LogP contribution in [0.3, 0.4) is 0 Å². The van der Waals surface area contributed by atoms with Gasteiger partial charge in [-0.05, 0) is 40.6 Å². The fraction of sp³-hybridized carbons (Fsp3) is 0.111. The van der Waals surface area contributed by atoms with Gasteiger partial charge in [0, 0.05) is 16.3 Å². The van der Waals surface area contributed by atoms with E-state index in [1.54, 1.807) is 11.8 Å². The van der Waals surface area contributed by atoms with Crippen LogP contribution in [0.4, 0.5) is 5.69 Å². The fourth-order valence-corrected chi connectivity index (χ4v) is 3.21. The number of benzene rings is 3. The predicted octanol–water partition coefficient (Wildman–Crippen LogP) is 4.25. The first-order valence-electron chi connectivity index (χ1n) is 6.87. The van der Waals surface area contributed by atoms with Gasteiger partial charge in [0.05, 0.1) is 6.10 Å². The van der Waals surface area contributed by atoms with Gasteiger partial charge >= 0.3 is 0 Å². The van der Waals surface area contributed by atoms with Crippen LogP contribution in [0.25, 0.3) is 10.8 Å². The lowest BCUT2D eigenvalue weighted by Crippen LogP contribution is -2.01. The first-order chi connectivity index (χ1) is 10.2. The maximum absolute atomic E-state index is 10.2. The lowest BCUT2D eigenvalue weighted by Gasteiger charge is -2.11. The predicted molar refractivity (Wildman–Crippen MR) is 90.5 cm³/mol. The number of thioether (sulfide) groups is 1. The van der Waals surface area contributed by atoms with Crippen molar-refractivity contribution in [3.63, 3.8) is 0 Å². The van der Waals surface area contributed by atoms with Crippen LogP contribution in [0.15, 0.2) is 71.6 Å². The first kappa shape index (κ1) is 14.0. The van der Waals surface area contributed by atoms with E-state index in [1.165, 1.54) is 10.8 Å². The molecule has 3 N–H and O–H groups in total. The molecular formula is C18H17NOS. The van der Waals surface area contributed by atoms with Gasteiger partial charge in [-0.15, -0.1) is 11.8 Å². The summed E-state index contributed by atoms with van der Waals surface area (Å²) >= 11 is 1.65. The van der Waals surface area contributed by atoms with E-state index in [1.807, 2.05) is 36.4 Å². The SMILES string of the molecule is Nc1cccc(C(O)CSc2ccc3ccccc3c2)c1. The summed E-state index contributed by atoms with van der Waals surface area (Å²) in [5.74, 6) is 0.613. The summed E-state index contributed by atoms with van der Waals surface area (Å²) in [7, 11) is 0. The van der Waals surface area contributed by atoms with E-state index < -0.39 is 6.10 Å². The van der Waals surface area contributed by atoms with Gasteiger partial charge in [0.2, 0.25) is 0 Å². The normalized spacial score (nSPS) is 12.4. The quantitative estimate of drug-likeness (QED) is 0.559. The lowest BCUT2D eigenvalue weighted by molar-refractivity contribution is 0.204. The average molecular weight is 295 g/mol. The molecule has 3 aromatic carbocycles. The molecule has 1 unspecified atom stereocenters. The molecule has 0 aromatic heterocycles. The third-order valence-corrected chi connectivity index (χ3v) is 4.49. The molecule has 0 saturated heterocycles. The van der Waals surface area contributed by atoms with Crippen LogP contribution < -0.4 is 5.73 Å². The number of rotatable bonds is 4. The van der Waals surface area contributed by atoms with Gasteiger partial charge in [-0.1, -0.05) is 42.5 Å². The molecule has 0 aliphatic carbocycles. The van der Waals surface area contributed by atoms with Crippen molar-refractivity contribution in [2.45, 2.75) is 11.0 Å². The van der Waals surface area contributed by atoms with Crippen molar-refractivity contribution in [1.29, 1.82) is 0 Å². The van der Waals surface area contributed by atoms with Gasteiger partial charge in [0.15, 0.2) is 0 Å². The average Bonchev–Trinajstić information content (AvgIpc) is 2.52. The Morgan fingerprint density at radius 2 is 1.71 bits per heavy atom. The van der Waals surface area contributed by atoms with E-state index in [-0.39, 0.29) is 0 Å². The molecule has 2 nitrogen and oxygen atoms in total. The fourth-order valence-electron chi connectivity index (χ4n) is 2.29. The number of fused-ring (bicyclic) bond motifs is 1. The minimum atomic E-state index is -0.509. The zero-order valence-electron chi connectivity index (χ0n) is 11.6. The van der Waals surface area contributed by atoms with Crippen molar-refractivity contribution in [3.05, 3.63) is 72.3 Å². The second-order valence-electron chi connectivity index (χ2n) is 5.01. The zero-order valence-corrected chi connectivity index (χ0v) is 12.4. The summed E-state index contributed by atoms with van der Waals surface area (Å²) in [5, 5.41) is 12.7. The maximum Gasteiger partial charge on any atom is 0.0884 e. The Morgan fingerprint density at radius 3 is 2.52 bits per heavy atom. The van der Waals surface area contributed by atoms with Gasteiger partial charge in [-0.2, -0.15) is 0 Å². The first-order valence-corrected chi connectivity index (χ1v) is 7.86. The largest absolute Gasteiger partial charge is 0.399 e. The molecule has 0 saturated carbocycles. The van der Waals surface area contributed by atoms with E-state index in [0.717, 1.165) is 10.5 Å². The summed E-state index contributed by atoms with van der Waals surface area (Å²) in [6, 6.07) is 22.1. The van der Waals surface area contributed by atoms with E-state index in [9.17, 15) is 5.11 Å². The molecule has 0 heterocycles. The third kappa shape index (κ3) is 3.38. The van der Waals surface area contributed by atoms with Crippen molar-refractivity contribution >= 4 is 28.2 Å². The van der Waals surface area contributed by atoms with Crippen LogP contribution >= 0.6 is 11.8 Å². The molecule has 3 heteroatoms. The molecule has 0 spiro atoms. The minimum absolute atomic E-state index is 0.509. The zero-order chi connectivity index (χ0) is 14.7. The van der Waals surface area contributed by atoms with Gasteiger partial charge < -0.3 is 10.8 Å². The van der Waals surface area contributed by atoms with Crippen LogP contribution in [-0.2, 0) is 0 Å². The number of hydrogen-bond donors (Lipinski definition) is 2. The second kappa shape index (κ2) is 6.20. The summed E-state index contributed by atoms with van der Waals surface area (Å²) in [4.78, 5) is 1.16. The molecule has 0 radical (unpaired) electrons. The topological polar surface area (TPSA) is 46.2 Å². The van der Waals surface area contributed by atoms with Gasteiger partial charge in [-0.25, -0.2) is 0 Å². The Bertz CT molecular complexity index is 757. The van der Waals surface area contributed by atoms with E-state index in [0.29, 0.717) is 11.4 Å². The number of anilines is 1. The highest BCUT2D eigenvalue weighted by atomic mass is 32.2. The standard InChI is InChI=1S/C18H17NOS/c19-16-7-3-6-15(10-16)18(20)12-21-17-9-8-13-4-1-2-5-14(13)11-17/h1-11,18,20H,12,19H2. The molecule has 0 amide bonds. The lowest BCUT2D eigenvalue weighted by atomic mass is 10.1. The molecule has 3 rings (SSSR count). The molecule has 0 bridgehead atoms. The number of aliphatic hydroxyl groups is 1. The third-order valence-electron chi connectivity index (χ3n) is 3.42. The van der Waals surface area contributed by atoms with Crippen LogP contribution in [-0.4, -0.2) is 10.9 Å². The van der Waals surface area contributed by atoms with Crippen LogP contribution in [0.1, 0.15) is 11.7 Å². The van der Waals surface area contributed by atoms with Gasteiger partial charge in [-0.3, -0.25) is 0 Å². The number of aliphatic hydroxyl groups excluding tert-OH is 1. The minimum Gasteiger partial charge on any atom is -0.399 e. The molecule has 0 fully saturated rings. The van der Waals surface area contributed by atoms with Crippen molar-refractivity contribution in [3.8, 4) is 0 Å². The Hall–Kier alpha value is -1.97. The van der Waals surface area contributed by atoms with E-state index in [2.05, 4.69) is 30.3 Å². The van der Waals surface area contributed by atoms with E-state index >= 15 is 0 Å². The summed E-state index contributed by atoms with van der Waals surface area (Å²) in [6.45, 7) is 0. The number of hydrogen-bond acceptors (Lipinski definition) is 3. The number of nitrogens with two attached hydrogens (primary N) is 1. The van der Waals surface area contributed by atoms with Gasteiger partial charge in [0.1, 0.15) is 0 Å². The molecule has 3 aromatic rings. The van der Waals surface area contributed by atoms with Crippen molar-refractivity contribution < 1.29 is 5.11 Å². The highest BCUT2D eigenvalue weighted by Gasteiger charge is 2.08. The van der Waals surface area contributed by atoms with Crippen LogP contribution in [0.5, 0.6) is 0 Å². The monoisotopic (exact) mass is 295 g/mol. The Balaban J connectivity index is 1.71. The summed E-state index contributed by atoms with van der Waals surface area (Å²) in [6.07, 6.45) is -0.509. The Kier molecular flexibility index (Phi) is 4.13. The van der Waals surface area contributed by atoms with Crippen LogP contribution in [0, 0.1) is 0 Å². The summed E-state index contributed by atoms with van der Waals surface area (Å²) in [5.41, 5.74) is 7.29. The van der Waals surface area contributed by atoms with Gasteiger partial charge in [0.25, 0.3) is 0 Å². The van der Waals surface area contributed by atoms with Crippen molar-refractivity contribution in [2.75, 3.05) is 11.5 Å². The molecule has 0 aliphatic heterocycles. The molecular weight excluding hydrogens is 278 g/mol. The molecule has 0 aliphatic rings. The molecule has 106 valence electrons. The van der Waals surface area contributed by atoms with Crippen molar-refractivity contribution in [1.82, 2.24) is 0 Å². The highest BCUT2D eigenvalue weighted by molar-refractivity contribution is 7.99. The van der Waals surface area contributed by atoms with Crippen molar-refractivity contribution in [2.24, 2.45) is 0 Å². The van der Waals surface area contributed by atoms with E-state index in [4.69, 9.17) is 5.73 Å². The summed E-state index contributed by atoms with van der Waals surface area (Å²) < 4.78 is 0. The molecule has 1 atom stereocenters. The van der Waals surface area contributed by atoms with Crippen LogP contribution in [0.2, 0.25) is 0 Å². The maximum atomic E-state index is 10.2.